The molecule has 2 fully saturated rings. The number of rotatable bonds is 5. The third kappa shape index (κ3) is 4.62. The van der Waals surface area contributed by atoms with E-state index in [1.165, 1.54) is 12.1 Å². The van der Waals surface area contributed by atoms with Crippen LogP contribution in [0.2, 0.25) is 0 Å². The summed E-state index contributed by atoms with van der Waals surface area (Å²) in [7, 11) is 0. The summed E-state index contributed by atoms with van der Waals surface area (Å²) >= 11 is 0. The Hall–Kier alpha value is -4.95. The highest BCUT2D eigenvalue weighted by Gasteiger charge is 2.42. The van der Waals surface area contributed by atoms with Gasteiger partial charge in [-0.15, -0.1) is 0 Å². The molecule has 0 radical (unpaired) electrons. The Labute approximate surface area is 229 Å². The van der Waals surface area contributed by atoms with Gasteiger partial charge in [0.05, 0.1) is 0 Å². The normalized spacial score (nSPS) is 19.0. The number of nitrogens with zero attached hydrogens (tertiary/aromatic N) is 5. The smallest absolute Gasteiger partial charge is 0.437 e. The molecule has 0 aliphatic carbocycles. The van der Waals surface area contributed by atoms with Gasteiger partial charge in [-0.25, -0.2) is 14.8 Å². The van der Waals surface area contributed by atoms with E-state index in [1.54, 1.807) is 24.5 Å². The Morgan fingerprint density at radius 3 is 2.56 bits per heavy atom. The summed E-state index contributed by atoms with van der Waals surface area (Å²) in [5, 5.41) is 11.0. The maximum Gasteiger partial charge on any atom is 0.437 e. The van der Waals surface area contributed by atoms with E-state index in [0.717, 1.165) is 25.1 Å². The number of anilines is 2. The number of imidazole rings is 1. The van der Waals surface area contributed by atoms with E-state index in [9.17, 15) is 27.6 Å². The molecule has 15 heteroatoms. The molecular weight excluding hydrogens is 547 g/mol. The van der Waals surface area contributed by atoms with Gasteiger partial charge in [0, 0.05) is 48.4 Å². The molecule has 12 nitrogen and oxygen atoms in total. The number of amides is 2. The summed E-state index contributed by atoms with van der Waals surface area (Å²) in [6.45, 7) is 0.559. The predicted molar refractivity (Wildman–Crippen MR) is 136 cm³/mol. The second-order valence-electron chi connectivity index (χ2n) is 9.89. The minimum atomic E-state index is -5.09. The van der Waals surface area contributed by atoms with Gasteiger partial charge in [-0.2, -0.15) is 18.2 Å². The summed E-state index contributed by atoms with van der Waals surface area (Å²) < 4.78 is 45.7. The van der Waals surface area contributed by atoms with E-state index in [0.29, 0.717) is 29.7 Å². The van der Waals surface area contributed by atoms with Crippen LogP contribution in [0.4, 0.5) is 25.0 Å². The van der Waals surface area contributed by atoms with Crippen LogP contribution >= 0.6 is 0 Å². The number of carbonyl (C=O) groups excluding carboxylic acids is 2. The van der Waals surface area contributed by atoms with Gasteiger partial charge in [0.1, 0.15) is 22.9 Å². The molecule has 4 N–H and O–H groups in total. The Kier molecular flexibility index (Phi) is 6.16. The van der Waals surface area contributed by atoms with Crippen molar-refractivity contribution in [1.29, 1.82) is 0 Å². The number of aromatic carboxylic acids is 1. The lowest BCUT2D eigenvalue weighted by Crippen LogP contribution is -2.41. The number of alkyl halides is 3. The number of piperidine rings is 1. The first-order valence-corrected chi connectivity index (χ1v) is 12.7. The lowest BCUT2D eigenvalue weighted by molar-refractivity contribution is -0.141. The van der Waals surface area contributed by atoms with Crippen LogP contribution in [0.3, 0.4) is 0 Å². The number of hydrogen-bond acceptors (Lipinski definition) is 8. The monoisotopic (exact) mass is 569 g/mol. The van der Waals surface area contributed by atoms with Crippen molar-refractivity contribution in [3.8, 4) is 11.3 Å². The maximum atomic E-state index is 13.1. The van der Waals surface area contributed by atoms with Gasteiger partial charge >= 0.3 is 18.2 Å². The highest BCUT2D eigenvalue weighted by atomic mass is 19.4. The number of nitrogen functional groups attached to an aromatic ring is 1. The molecule has 0 unspecified atom stereocenters. The van der Waals surface area contributed by atoms with Crippen LogP contribution < -0.4 is 11.1 Å². The molecule has 4 aromatic rings. The molecule has 41 heavy (non-hydrogen) atoms. The predicted octanol–water partition coefficient (Wildman–Crippen LogP) is 3.80. The number of nitrogens with two attached hydrogens (primary N) is 1. The highest BCUT2D eigenvalue weighted by molar-refractivity contribution is 6.03. The average molecular weight is 570 g/mol. The van der Waals surface area contributed by atoms with Gasteiger partial charge in [-0.1, -0.05) is 12.1 Å². The summed E-state index contributed by atoms with van der Waals surface area (Å²) in [6.07, 6.45) is 1.41. The largest absolute Gasteiger partial charge is 0.475 e. The van der Waals surface area contributed by atoms with Crippen LogP contribution in [0.25, 0.3) is 16.8 Å². The molecule has 2 amide bonds. The first-order valence-electron chi connectivity index (χ1n) is 12.7. The molecule has 3 aromatic heterocycles. The van der Waals surface area contributed by atoms with E-state index in [-0.39, 0.29) is 29.2 Å². The van der Waals surface area contributed by atoms with Crippen molar-refractivity contribution in [2.75, 3.05) is 17.6 Å². The molecular formula is C26H22F3N7O5. The van der Waals surface area contributed by atoms with Crippen molar-refractivity contribution < 1.29 is 37.1 Å². The van der Waals surface area contributed by atoms with Crippen LogP contribution in [0.15, 0.2) is 41.1 Å². The quantitative estimate of drug-likeness (QED) is 0.324. The van der Waals surface area contributed by atoms with Gasteiger partial charge in [-0.05, 0) is 31.4 Å². The maximum absolute atomic E-state index is 13.1. The third-order valence-electron chi connectivity index (χ3n) is 7.42. The number of nitrogens with one attached hydrogen (secondary N) is 1. The first-order chi connectivity index (χ1) is 19.5. The van der Waals surface area contributed by atoms with Crippen molar-refractivity contribution in [2.24, 2.45) is 0 Å². The molecule has 2 aliphatic heterocycles. The number of oxazole rings is 1. The van der Waals surface area contributed by atoms with E-state index in [4.69, 9.17) is 15.8 Å². The topological polar surface area (TPSA) is 169 Å². The molecule has 2 atom stereocenters. The molecule has 0 bridgehead atoms. The van der Waals surface area contributed by atoms with Crippen molar-refractivity contribution >= 4 is 35.1 Å². The van der Waals surface area contributed by atoms with E-state index in [1.807, 2.05) is 9.30 Å². The second-order valence-corrected chi connectivity index (χ2v) is 9.89. The highest BCUT2D eigenvalue weighted by Crippen LogP contribution is 2.38. The zero-order chi connectivity index (χ0) is 29.1. The lowest BCUT2D eigenvalue weighted by Gasteiger charge is -2.34. The number of benzene rings is 1. The summed E-state index contributed by atoms with van der Waals surface area (Å²) in [4.78, 5) is 50.3. The minimum absolute atomic E-state index is 0.0144. The summed E-state index contributed by atoms with van der Waals surface area (Å²) in [5.74, 6) is -3.16. The third-order valence-corrected chi connectivity index (χ3v) is 7.42. The molecule has 2 saturated heterocycles. The lowest BCUT2D eigenvalue weighted by atomic mass is 9.92. The summed E-state index contributed by atoms with van der Waals surface area (Å²) in [6, 6.07) is 5.38. The molecule has 5 heterocycles. The van der Waals surface area contributed by atoms with E-state index >= 15 is 0 Å². The number of carboxylic acid groups (broad SMARTS) is 1. The Morgan fingerprint density at radius 1 is 1.12 bits per heavy atom. The zero-order valence-electron chi connectivity index (χ0n) is 21.2. The van der Waals surface area contributed by atoms with Gasteiger partial charge in [0.15, 0.2) is 5.69 Å². The Morgan fingerprint density at radius 2 is 1.88 bits per heavy atom. The number of hydrogen-bond donors (Lipinski definition) is 3. The van der Waals surface area contributed by atoms with Gasteiger partial charge in [0.25, 0.3) is 5.91 Å². The average Bonchev–Trinajstić information content (AvgIpc) is 3.65. The van der Waals surface area contributed by atoms with Gasteiger partial charge in [0.2, 0.25) is 11.7 Å². The number of halogens is 3. The molecule has 6 rings (SSSR count). The van der Waals surface area contributed by atoms with E-state index < -0.39 is 35.5 Å². The molecule has 212 valence electrons. The molecule has 0 spiro atoms. The molecule has 2 aliphatic rings. The fourth-order valence-electron chi connectivity index (χ4n) is 5.51. The number of aromatic nitrogens is 4. The fraction of sp³-hybridized carbons (Fsp3) is 0.308. The zero-order valence-corrected chi connectivity index (χ0v) is 21.2. The fourth-order valence-corrected chi connectivity index (χ4v) is 5.51. The van der Waals surface area contributed by atoms with Crippen LogP contribution in [-0.4, -0.2) is 59.7 Å². The van der Waals surface area contributed by atoms with Gasteiger partial charge < -0.3 is 20.2 Å². The number of carbonyl (C=O) groups is 3. The number of carboxylic acids is 1. The van der Waals surface area contributed by atoms with Gasteiger partial charge in [-0.3, -0.25) is 19.3 Å². The molecule has 1 aromatic carbocycles. The van der Waals surface area contributed by atoms with Crippen LogP contribution in [0, 0.1) is 0 Å². The SMILES string of the molecule is Nc1nccn2c([C@@H]3CC[C@H]4CCC(=O)N4C3)nc(-c3ccc(C(=O)Nc4nc(C(F)(F)F)c(C(=O)O)o4)cc3)c12. The van der Waals surface area contributed by atoms with Crippen molar-refractivity contribution in [3.05, 3.63) is 59.5 Å². The number of fused-ring (bicyclic) bond motifs is 2. The Bertz CT molecular complexity index is 1700. The van der Waals surface area contributed by atoms with Crippen LogP contribution in [-0.2, 0) is 11.0 Å². The Balaban J connectivity index is 1.28. The van der Waals surface area contributed by atoms with Crippen molar-refractivity contribution in [3.63, 3.8) is 0 Å². The standard InChI is InChI=1S/C26H22F3N7O5/c27-26(28,29)20-19(24(39)40)41-25(33-20)34-23(38)13-3-1-12(2-4-13)17-18-21(30)31-9-10-35(18)22(32-17)14-5-6-15-7-8-16(37)36(15)11-14/h1-4,9-10,14-15H,5-8,11H2,(H2,30,31)(H,39,40)(H,33,34,38)/t14-,15+/m1/s1. The van der Waals surface area contributed by atoms with Crippen molar-refractivity contribution in [1.82, 2.24) is 24.3 Å². The summed E-state index contributed by atoms with van der Waals surface area (Å²) in [5.41, 5.74) is 6.19. The van der Waals surface area contributed by atoms with Crippen LogP contribution in [0.1, 0.15) is 64.0 Å². The first kappa shape index (κ1) is 26.3. The molecule has 0 saturated carbocycles. The van der Waals surface area contributed by atoms with Crippen molar-refractivity contribution in [2.45, 2.75) is 43.8 Å². The van der Waals surface area contributed by atoms with E-state index in [2.05, 4.69) is 19.7 Å². The van der Waals surface area contributed by atoms with Crippen LogP contribution in [0.5, 0.6) is 0 Å². The minimum Gasteiger partial charge on any atom is -0.475 e. The second kappa shape index (κ2) is 9.60.